The summed E-state index contributed by atoms with van der Waals surface area (Å²) in [4.78, 5) is 45.9. The summed E-state index contributed by atoms with van der Waals surface area (Å²) >= 11 is 1.25. The maximum atomic E-state index is 11.6. The minimum absolute atomic E-state index is 0.233. The maximum absolute atomic E-state index is 11.6. The van der Waals surface area contributed by atoms with Gasteiger partial charge in [-0.15, -0.1) is 18.3 Å². The molecule has 1 rings (SSSR count). The second kappa shape index (κ2) is 10.9. The Bertz CT molecular complexity index is 577. The van der Waals surface area contributed by atoms with Crippen molar-refractivity contribution in [2.75, 3.05) is 12.4 Å². The lowest BCUT2D eigenvalue weighted by Gasteiger charge is -2.44. The van der Waals surface area contributed by atoms with Crippen LogP contribution in [0.5, 0.6) is 0 Å². The molecule has 152 valence electrons. The molecule has 0 aromatic heterocycles. The van der Waals surface area contributed by atoms with E-state index in [4.69, 9.17) is 23.7 Å². The van der Waals surface area contributed by atoms with E-state index in [-0.39, 0.29) is 6.61 Å². The number of esters is 4. The zero-order chi connectivity index (χ0) is 20.6. The number of hydrogen-bond donors (Lipinski definition) is 0. The summed E-state index contributed by atoms with van der Waals surface area (Å²) in [6, 6.07) is 0. The molecule has 0 aliphatic carbocycles. The van der Waals surface area contributed by atoms with Gasteiger partial charge >= 0.3 is 23.9 Å². The molecule has 0 N–H and O–H groups in total. The van der Waals surface area contributed by atoms with Crippen LogP contribution in [-0.2, 0) is 42.9 Å². The van der Waals surface area contributed by atoms with Gasteiger partial charge in [0, 0.05) is 33.4 Å². The summed E-state index contributed by atoms with van der Waals surface area (Å²) in [6.45, 7) is 8.16. The average Bonchev–Trinajstić information content (AvgIpc) is 2.54. The third kappa shape index (κ3) is 7.59. The van der Waals surface area contributed by atoms with Crippen molar-refractivity contribution in [2.24, 2.45) is 0 Å². The van der Waals surface area contributed by atoms with E-state index in [1.807, 2.05) is 0 Å². The van der Waals surface area contributed by atoms with Crippen molar-refractivity contribution in [2.45, 2.75) is 57.5 Å². The molecule has 5 atom stereocenters. The number of ether oxygens (including phenoxy) is 5. The highest BCUT2D eigenvalue weighted by Crippen LogP contribution is 2.34. The largest absolute Gasteiger partial charge is 0.463 e. The normalized spacial score (nSPS) is 27.2. The van der Waals surface area contributed by atoms with E-state index in [0.29, 0.717) is 5.75 Å². The average molecular weight is 404 g/mol. The predicted molar refractivity (Wildman–Crippen MR) is 94.6 cm³/mol. The van der Waals surface area contributed by atoms with Crippen molar-refractivity contribution in [1.29, 1.82) is 0 Å². The molecule has 0 amide bonds. The van der Waals surface area contributed by atoms with Crippen molar-refractivity contribution in [3.8, 4) is 0 Å². The van der Waals surface area contributed by atoms with Gasteiger partial charge in [0.05, 0.1) is 0 Å². The summed E-state index contributed by atoms with van der Waals surface area (Å²) in [5.41, 5.74) is -0.761. The zero-order valence-electron chi connectivity index (χ0n) is 15.7. The van der Waals surface area contributed by atoms with Crippen LogP contribution in [0.15, 0.2) is 12.7 Å². The Kier molecular flexibility index (Phi) is 9.30. The lowest BCUT2D eigenvalue weighted by atomic mass is 9.99. The second-order valence-electron chi connectivity index (χ2n) is 5.69. The summed E-state index contributed by atoms with van der Waals surface area (Å²) < 4.78 is 26.7. The molecule has 0 spiro atoms. The molecule has 9 nitrogen and oxygen atoms in total. The molecule has 27 heavy (non-hydrogen) atoms. The van der Waals surface area contributed by atoms with Crippen molar-refractivity contribution in [1.82, 2.24) is 0 Å². The molecule has 1 heterocycles. The fourth-order valence-corrected chi connectivity index (χ4v) is 3.43. The van der Waals surface area contributed by atoms with Gasteiger partial charge in [-0.05, 0) is 0 Å². The summed E-state index contributed by atoms with van der Waals surface area (Å²) in [6.07, 6.45) is -2.59. The van der Waals surface area contributed by atoms with Gasteiger partial charge in [-0.3, -0.25) is 19.2 Å². The van der Waals surface area contributed by atoms with Crippen LogP contribution < -0.4 is 0 Å². The minimum atomic E-state index is -1.13. The molecule has 0 aromatic carbocycles. The molecule has 0 saturated carbocycles. The van der Waals surface area contributed by atoms with Gasteiger partial charge in [-0.1, -0.05) is 6.08 Å². The molecule has 0 radical (unpaired) electrons. The topological polar surface area (TPSA) is 114 Å². The molecule has 0 unspecified atom stereocenters. The lowest BCUT2D eigenvalue weighted by Crippen LogP contribution is -2.61. The number of thioether (sulfide) groups is 1. The first-order chi connectivity index (χ1) is 12.6. The molecule has 1 aliphatic heterocycles. The van der Waals surface area contributed by atoms with Crippen LogP contribution in [0.2, 0.25) is 0 Å². The first-order valence-corrected chi connectivity index (χ1v) is 9.23. The van der Waals surface area contributed by atoms with Crippen molar-refractivity contribution < 1.29 is 42.9 Å². The molecule has 10 heteroatoms. The first kappa shape index (κ1) is 23.0. The van der Waals surface area contributed by atoms with E-state index in [1.165, 1.54) is 39.5 Å². The van der Waals surface area contributed by atoms with Gasteiger partial charge in [0.1, 0.15) is 18.1 Å². The molecule has 1 aliphatic rings. The predicted octanol–water partition coefficient (Wildman–Crippen LogP) is 0.989. The van der Waals surface area contributed by atoms with Crippen molar-refractivity contribution in [3.05, 3.63) is 12.7 Å². The van der Waals surface area contributed by atoms with E-state index in [9.17, 15) is 19.2 Å². The Hall–Kier alpha value is -2.07. The third-order valence-corrected chi connectivity index (χ3v) is 4.46. The molecule has 1 fully saturated rings. The van der Waals surface area contributed by atoms with Gasteiger partial charge in [-0.2, -0.15) is 0 Å². The quantitative estimate of drug-likeness (QED) is 0.329. The number of carbonyl (C=O) groups excluding carboxylic acids is 4. The van der Waals surface area contributed by atoms with Crippen LogP contribution in [0.25, 0.3) is 0 Å². The van der Waals surface area contributed by atoms with Crippen LogP contribution >= 0.6 is 11.8 Å². The standard InChI is InChI=1S/C17H24O9S/c1-6-7-27-17-16(25-12(5)21)15(24-11(4)20)14(23-10(3)19)13(26-17)8-22-9(2)18/h6,13-17H,1,7-8H2,2-5H3/t13-,14+,15+,16-,17+/m1/s1. The number of carbonyl (C=O) groups is 4. The van der Waals surface area contributed by atoms with Gasteiger partial charge in [0.25, 0.3) is 0 Å². The summed E-state index contributed by atoms with van der Waals surface area (Å²) in [5, 5.41) is 0. The molecular formula is C17H24O9S. The van der Waals surface area contributed by atoms with Gasteiger partial charge in [-0.25, -0.2) is 0 Å². The highest BCUT2D eigenvalue weighted by Gasteiger charge is 2.52. The van der Waals surface area contributed by atoms with Crippen molar-refractivity contribution >= 4 is 35.6 Å². The Labute approximate surface area is 161 Å². The SMILES string of the molecule is C=CCS[C@@H]1O[C@H](COC(C)=O)[C@H](OC(C)=O)[C@H](OC(C)=O)[C@H]1OC(C)=O. The van der Waals surface area contributed by atoms with E-state index in [0.717, 1.165) is 0 Å². The lowest BCUT2D eigenvalue weighted by molar-refractivity contribution is -0.237. The van der Waals surface area contributed by atoms with E-state index < -0.39 is 53.7 Å². The summed E-state index contributed by atoms with van der Waals surface area (Å²) in [5.74, 6) is -2.04. The smallest absolute Gasteiger partial charge is 0.303 e. The van der Waals surface area contributed by atoms with Crippen molar-refractivity contribution in [3.63, 3.8) is 0 Å². The van der Waals surface area contributed by atoms with Gasteiger partial charge in [0.2, 0.25) is 0 Å². The van der Waals surface area contributed by atoms with Crippen LogP contribution in [0.1, 0.15) is 27.7 Å². The van der Waals surface area contributed by atoms with E-state index in [1.54, 1.807) is 6.08 Å². The van der Waals surface area contributed by atoms with E-state index >= 15 is 0 Å². The monoisotopic (exact) mass is 404 g/mol. The maximum Gasteiger partial charge on any atom is 0.303 e. The highest BCUT2D eigenvalue weighted by molar-refractivity contribution is 7.99. The van der Waals surface area contributed by atoms with Gasteiger partial charge < -0.3 is 23.7 Å². The van der Waals surface area contributed by atoms with Crippen LogP contribution in [-0.4, -0.2) is 66.1 Å². The zero-order valence-corrected chi connectivity index (χ0v) is 16.5. The summed E-state index contributed by atoms with van der Waals surface area (Å²) in [7, 11) is 0. The third-order valence-electron chi connectivity index (χ3n) is 3.33. The Balaban J connectivity index is 3.24. The fraction of sp³-hybridized carbons (Fsp3) is 0.647. The minimum Gasteiger partial charge on any atom is -0.463 e. The Morgan fingerprint density at radius 3 is 1.89 bits per heavy atom. The Morgan fingerprint density at radius 1 is 0.889 bits per heavy atom. The van der Waals surface area contributed by atoms with E-state index in [2.05, 4.69) is 6.58 Å². The molecule has 0 bridgehead atoms. The Morgan fingerprint density at radius 2 is 1.41 bits per heavy atom. The van der Waals surface area contributed by atoms with Crippen LogP contribution in [0.3, 0.4) is 0 Å². The second-order valence-corrected chi connectivity index (χ2v) is 6.82. The number of hydrogen-bond acceptors (Lipinski definition) is 10. The molecule has 1 saturated heterocycles. The van der Waals surface area contributed by atoms with Crippen LogP contribution in [0, 0.1) is 0 Å². The number of rotatable bonds is 8. The van der Waals surface area contributed by atoms with Crippen LogP contribution in [0.4, 0.5) is 0 Å². The van der Waals surface area contributed by atoms with Gasteiger partial charge in [0.15, 0.2) is 18.3 Å². The molecule has 0 aromatic rings. The fourth-order valence-electron chi connectivity index (χ4n) is 2.49. The molecular weight excluding hydrogens is 380 g/mol. The highest BCUT2D eigenvalue weighted by atomic mass is 32.2. The first-order valence-electron chi connectivity index (χ1n) is 8.18.